The summed E-state index contributed by atoms with van der Waals surface area (Å²) in [5.41, 5.74) is -0.413. The van der Waals surface area contributed by atoms with Crippen molar-refractivity contribution in [2.24, 2.45) is 0 Å². The predicted molar refractivity (Wildman–Crippen MR) is 54.2 cm³/mol. The van der Waals surface area contributed by atoms with Crippen molar-refractivity contribution < 1.29 is 19.1 Å². The van der Waals surface area contributed by atoms with Crippen molar-refractivity contribution in [1.29, 1.82) is 0 Å². The van der Waals surface area contributed by atoms with Gasteiger partial charge in [0.05, 0.1) is 6.61 Å². The number of carbonyl (C=O) groups is 2. The fraction of sp³-hybridized carbons (Fsp3) is 0.818. The molecule has 0 unspecified atom stereocenters. The summed E-state index contributed by atoms with van der Waals surface area (Å²) in [6.07, 6.45) is 4.59. The second-order valence-electron chi connectivity index (χ2n) is 3.85. The van der Waals surface area contributed by atoms with Crippen molar-refractivity contribution in [3.63, 3.8) is 0 Å². The van der Waals surface area contributed by atoms with Crippen LogP contribution in [-0.4, -0.2) is 24.1 Å². The van der Waals surface area contributed by atoms with Crippen LogP contribution in [0.3, 0.4) is 0 Å². The summed E-state index contributed by atoms with van der Waals surface area (Å²) in [5, 5.41) is 0. The first-order valence-electron chi connectivity index (χ1n) is 5.53. The van der Waals surface area contributed by atoms with Crippen LogP contribution in [0.4, 0.5) is 0 Å². The van der Waals surface area contributed by atoms with Crippen LogP contribution in [0.2, 0.25) is 0 Å². The lowest BCUT2D eigenvalue weighted by atomic mass is 9.99. The van der Waals surface area contributed by atoms with Gasteiger partial charge in [-0.3, -0.25) is 0 Å². The maximum Gasteiger partial charge on any atom is 0.418 e. The molecule has 0 heterocycles. The minimum atomic E-state index is -0.878. The molecule has 0 amide bonds. The normalized spacial score (nSPS) is 18.5. The molecule has 0 radical (unpaired) electrons. The Balaban J connectivity index is 2.51. The minimum absolute atomic E-state index is 0.201. The highest BCUT2D eigenvalue weighted by atomic mass is 16.6. The molecule has 1 fully saturated rings. The standard InChI is InChI=1S/C11H18O4/c1-3-11(7-5-6-8-11)15-10(13)9(12)14-4-2/h3-8H2,1-2H3. The number of ether oxygens (including phenoxy) is 2. The number of esters is 2. The van der Waals surface area contributed by atoms with Gasteiger partial charge in [0, 0.05) is 0 Å². The molecule has 15 heavy (non-hydrogen) atoms. The third-order valence-corrected chi connectivity index (χ3v) is 2.91. The molecule has 1 aliphatic rings. The average molecular weight is 214 g/mol. The SMILES string of the molecule is CCOC(=O)C(=O)OC1(CC)CCCC1. The quantitative estimate of drug-likeness (QED) is 0.531. The van der Waals surface area contributed by atoms with Crippen molar-refractivity contribution in [2.75, 3.05) is 6.61 Å². The van der Waals surface area contributed by atoms with E-state index in [1.165, 1.54) is 0 Å². The van der Waals surface area contributed by atoms with Gasteiger partial charge in [-0.1, -0.05) is 6.92 Å². The first-order chi connectivity index (χ1) is 7.13. The molecular weight excluding hydrogens is 196 g/mol. The lowest BCUT2D eigenvalue weighted by Crippen LogP contribution is -2.35. The van der Waals surface area contributed by atoms with E-state index in [0.29, 0.717) is 0 Å². The lowest BCUT2D eigenvalue weighted by Gasteiger charge is -2.26. The first kappa shape index (κ1) is 12.0. The van der Waals surface area contributed by atoms with Crippen LogP contribution in [-0.2, 0) is 19.1 Å². The van der Waals surface area contributed by atoms with Crippen LogP contribution >= 0.6 is 0 Å². The highest BCUT2D eigenvalue weighted by molar-refractivity contribution is 6.29. The van der Waals surface area contributed by atoms with Crippen LogP contribution in [0, 0.1) is 0 Å². The highest BCUT2D eigenvalue weighted by Crippen LogP contribution is 2.35. The van der Waals surface area contributed by atoms with E-state index in [4.69, 9.17) is 4.74 Å². The Morgan fingerprint density at radius 3 is 2.20 bits per heavy atom. The van der Waals surface area contributed by atoms with Crippen molar-refractivity contribution in [2.45, 2.75) is 51.6 Å². The second kappa shape index (κ2) is 5.14. The predicted octanol–water partition coefficient (Wildman–Crippen LogP) is 1.82. The zero-order valence-electron chi connectivity index (χ0n) is 9.38. The minimum Gasteiger partial charge on any atom is -0.458 e. The number of carbonyl (C=O) groups excluding carboxylic acids is 2. The number of hydrogen-bond acceptors (Lipinski definition) is 4. The van der Waals surface area contributed by atoms with Crippen LogP contribution in [0.5, 0.6) is 0 Å². The summed E-state index contributed by atoms with van der Waals surface area (Å²) in [7, 11) is 0. The molecule has 0 aromatic heterocycles. The average Bonchev–Trinajstić information content (AvgIpc) is 2.67. The monoisotopic (exact) mass is 214 g/mol. The largest absolute Gasteiger partial charge is 0.458 e. The van der Waals surface area contributed by atoms with Gasteiger partial charge in [-0.05, 0) is 39.0 Å². The van der Waals surface area contributed by atoms with Gasteiger partial charge in [-0.15, -0.1) is 0 Å². The molecule has 86 valence electrons. The Hall–Kier alpha value is -1.06. The van der Waals surface area contributed by atoms with E-state index in [-0.39, 0.29) is 6.61 Å². The molecule has 4 nitrogen and oxygen atoms in total. The Kier molecular flexibility index (Phi) is 4.12. The van der Waals surface area contributed by atoms with Gasteiger partial charge in [0.15, 0.2) is 0 Å². The van der Waals surface area contributed by atoms with Crippen LogP contribution < -0.4 is 0 Å². The Bertz CT molecular complexity index is 241. The summed E-state index contributed by atoms with van der Waals surface area (Å²) in [6.45, 7) is 3.84. The topological polar surface area (TPSA) is 52.6 Å². The van der Waals surface area contributed by atoms with Gasteiger partial charge < -0.3 is 9.47 Å². The summed E-state index contributed by atoms with van der Waals surface area (Å²) >= 11 is 0. The van der Waals surface area contributed by atoms with Gasteiger partial charge in [0.25, 0.3) is 0 Å². The summed E-state index contributed by atoms with van der Waals surface area (Å²) in [6, 6.07) is 0. The molecule has 4 heteroatoms. The van der Waals surface area contributed by atoms with Crippen LogP contribution in [0.25, 0.3) is 0 Å². The third-order valence-electron chi connectivity index (χ3n) is 2.91. The fourth-order valence-electron chi connectivity index (χ4n) is 1.98. The van der Waals surface area contributed by atoms with Gasteiger partial charge in [-0.25, -0.2) is 9.59 Å². The molecule has 0 aromatic rings. The molecule has 0 aromatic carbocycles. The van der Waals surface area contributed by atoms with E-state index in [0.717, 1.165) is 32.1 Å². The fourth-order valence-corrected chi connectivity index (χ4v) is 1.98. The zero-order valence-corrected chi connectivity index (χ0v) is 9.38. The zero-order chi connectivity index (χ0) is 11.3. The van der Waals surface area contributed by atoms with E-state index in [1.54, 1.807) is 6.92 Å². The molecule has 0 atom stereocenters. The molecule has 0 spiro atoms. The van der Waals surface area contributed by atoms with Crippen molar-refractivity contribution in [3.8, 4) is 0 Å². The van der Waals surface area contributed by atoms with Crippen LogP contribution in [0.1, 0.15) is 46.0 Å². The van der Waals surface area contributed by atoms with Gasteiger partial charge in [0.2, 0.25) is 0 Å². The molecular formula is C11H18O4. The molecule has 0 saturated heterocycles. The smallest absolute Gasteiger partial charge is 0.418 e. The molecule has 0 bridgehead atoms. The van der Waals surface area contributed by atoms with E-state index < -0.39 is 17.5 Å². The van der Waals surface area contributed by atoms with E-state index >= 15 is 0 Å². The van der Waals surface area contributed by atoms with E-state index in [1.807, 2.05) is 6.92 Å². The Morgan fingerprint density at radius 1 is 1.13 bits per heavy atom. The molecule has 1 aliphatic carbocycles. The van der Waals surface area contributed by atoms with Gasteiger partial charge in [0.1, 0.15) is 5.60 Å². The van der Waals surface area contributed by atoms with Gasteiger partial charge >= 0.3 is 11.9 Å². The first-order valence-corrected chi connectivity index (χ1v) is 5.53. The highest BCUT2D eigenvalue weighted by Gasteiger charge is 2.37. The van der Waals surface area contributed by atoms with E-state index in [2.05, 4.69) is 4.74 Å². The molecule has 1 rings (SSSR count). The molecule has 1 saturated carbocycles. The summed E-state index contributed by atoms with van der Waals surface area (Å²) in [4.78, 5) is 22.4. The summed E-state index contributed by atoms with van der Waals surface area (Å²) < 4.78 is 9.84. The van der Waals surface area contributed by atoms with Crippen molar-refractivity contribution in [1.82, 2.24) is 0 Å². The molecule has 0 N–H and O–H groups in total. The third kappa shape index (κ3) is 2.94. The van der Waals surface area contributed by atoms with E-state index in [9.17, 15) is 9.59 Å². The van der Waals surface area contributed by atoms with Crippen molar-refractivity contribution >= 4 is 11.9 Å². The maximum atomic E-state index is 11.4. The lowest BCUT2D eigenvalue weighted by molar-refractivity contribution is -0.177. The summed E-state index contributed by atoms with van der Waals surface area (Å²) in [5.74, 6) is -1.72. The van der Waals surface area contributed by atoms with Gasteiger partial charge in [-0.2, -0.15) is 0 Å². The Labute approximate surface area is 89.9 Å². The van der Waals surface area contributed by atoms with Crippen LogP contribution in [0.15, 0.2) is 0 Å². The number of hydrogen-bond donors (Lipinski definition) is 0. The van der Waals surface area contributed by atoms with Crippen molar-refractivity contribution in [3.05, 3.63) is 0 Å². The molecule has 0 aliphatic heterocycles. The second-order valence-corrected chi connectivity index (χ2v) is 3.85. The number of rotatable bonds is 3. The Morgan fingerprint density at radius 2 is 1.73 bits per heavy atom. The maximum absolute atomic E-state index is 11.4.